The lowest BCUT2D eigenvalue weighted by Crippen LogP contribution is -2.65. The van der Waals surface area contributed by atoms with Crippen LogP contribution in [-0.2, 0) is 0 Å². The molecular weight excluding hydrogens is 247 g/mol. The van der Waals surface area contributed by atoms with Crippen LogP contribution in [-0.4, -0.2) is 84.6 Å². The van der Waals surface area contributed by atoms with E-state index in [1.54, 1.807) is 0 Å². The summed E-state index contributed by atoms with van der Waals surface area (Å²) in [7, 11) is 0. The molecule has 2 rings (SSSR count). The molecule has 2 heterocycles. The number of β-amino-alcohol motifs (C(OH)–C–C–N with tert-alkyl or cyclic N) is 1. The molecule has 0 amide bonds. The number of hydrogen-bond donors (Lipinski definition) is 3. The predicted molar refractivity (Wildman–Crippen MR) is 73.8 cm³/mol. The summed E-state index contributed by atoms with van der Waals surface area (Å²) in [6.45, 7) is 8.79. The Balaban J connectivity index is 1.85. The predicted octanol–water partition coefficient (Wildman–Crippen LogP) is -0.988. The molecule has 0 spiro atoms. The quantitative estimate of drug-likeness (QED) is 0.617. The highest BCUT2D eigenvalue weighted by molar-refractivity contribution is 4.96. The van der Waals surface area contributed by atoms with Gasteiger partial charge in [0.25, 0.3) is 0 Å². The fraction of sp³-hybridized carbons (Fsp3) is 1.00. The fourth-order valence-corrected chi connectivity index (χ4v) is 3.16. The maximum absolute atomic E-state index is 14.0. The van der Waals surface area contributed by atoms with E-state index in [0.717, 1.165) is 26.2 Å². The van der Waals surface area contributed by atoms with E-state index in [1.165, 1.54) is 0 Å². The molecule has 4 N–H and O–H groups in total. The van der Waals surface area contributed by atoms with Crippen molar-refractivity contribution >= 4 is 0 Å². The minimum absolute atomic E-state index is 0.135. The number of alkyl halides is 1. The highest BCUT2D eigenvalue weighted by Crippen LogP contribution is 2.18. The van der Waals surface area contributed by atoms with Crippen LogP contribution in [0.25, 0.3) is 0 Å². The molecule has 5 nitrogen and oxygen atoms in total. The summed E-state index contributed by atoms with van der Waals surface area (Å²) >= 11 is 0. The number of piperidine rings is 1. The molecule has 0 saturated carbocycles. The number of hydrogen-bond acceptors (Lipinski definition) is 5. The van der Waals surface area contributed by atoms with Gasteiger partial charge in [-0.3, -0.25) is 9.80 Å². The molecule has 2 fully saturated rings. The van der Waals surface area contributed by atoms with Crippen molar-refractivity contribution in [3.8, 4) is 0 Å². The lowest BCUT2D eigenvalue weighted by Gasteiger charge is -2.45. The third kappa shape index (κ3) is 4.10. The van der Waals surface area contributed by atoms with Gasteiger partial charge in [-0.2, -0.15) is 0 Å². The smallest absolute Gasteiger partial charge is 0.129 e. The minimum Gasteiger partial charge on any atom is -0.389 e. The van der Waals surface area contributed by atoms with Crippen molar-refractivity contribution in [2.45, 2.75) is 37.7 Å². The average molecular weight is 274 g/mol. The molecule has 6 heteroatoms. The first-order valence-electron chi connectivity index (χ1n) is 7.16. The van der Waals surface area contributed by atoms with Crippen molar-refractivity contribution in [1.29, 1.82) is 0 Å². The van der Waals surface area contributed by atoms with Crippen LogP contribution in [0.5, 0.6) is 0 Å². The second-order valence-electron chi connectivity index (χ2n) is 6.45. The normalized spacial score (nSPS) is 35.5. The van der Waals surface area contributed by atoms with Crippen molar-refractivity contribution in [2.24, 2.45) is 5.73 Å². The van der Waals surface area contributed by atoms with Crippen LogP contribution in [0.15, 0.2) is 0 Å². The minimum atomic E-state index is -0.885. The average Bonchev–Trinajstić information content (AvgIpc) is 2.29. The Morgan fingerprint density at radius 2 is 1.89 bits per heavy atom. The Labute approximate surface area is 114 Å². The van der Waals surface area contributed by atoms with E-state index in [1.807, 2.05) is 13.8 Å². The Bertz CT molecular complexity index is 279. The number of rotatable bonds is 3. The topological polar surface area (TPSA) is 64.8 Å². The number of nitrogens with one attached hydrogen (secondary N) is 1. The van der Waals surface area contributed by atoms with Crippen LogP contribution >= 0.6 is 0 Å². The second-order valence-corrected chi connectivity index (χ2v) is 6.45. The highest BCUT2D eigenvalue weighted by Gasteiger charge is 2.37. The molecule has 0 bridgehead atoms. The third-order valence-corrected chi connectivity index (χ3v) is 3.97. The Morgan fingerprint density at radius 3 is 2.42 bits per heavy atom. The zero-order chi connectivity index (χ0) is 14.0. The van der Waals surface area contributed by atoms with Crippen molar-refractivity contribution in [1.82, 2.24) is 15.1 Å². The Kier molecular flexibility index (Phi) is 4.79. The second kappa shape index (κ2) is 6.01. The summed E-state index contributed by atoms with van der Waals surface area (Å²) in [6.07, 6.45) is -0.885. The van der Waals surface area contributed by atoms with Gasteiger partial charge in [-0.1, -0.05) is 0 Å². The Morgan fingerprint density at radius 1 is 1.26 bits per heavy atom. The van der Waals surface area contributed by atoms with Gasteiger partial charge in [0.05, 0.1) is 11.6 Å². The molecule has 2 aliphatic rings. The molecule has 3 atom stereocenters. The molecular formula is C13H27FN4O. The summed E-state index contributed by atoms with van der Waals surface area (Å²) < 4.78 is 14.0. The number of aliphatic hydroxyl groups is 1. The molecule has 0 aliphatic carbocycles. The van der Waals surface area contributed by atoms with Crippen LogP contribution in [0.4, 0.5) is 4.39 Å². The van der Waals surface area contributed by atoms with Crippen molar-refractivity contribution in [2.75, 3.05) is 45.8 Å². The molecule has 19 heavy (non-hydrogen) atoms. The maximum atomic E-state index is 14.0. The van der Waals surface area contributed by atoms with Crippen molar-refractivity contribution < 1.29 is 9.50 Å². The van der Waals surface area contributed by atoms with E-state index in [4.69, 9.17) is 5.73 Å². The van der Waals surface area contributed by atoms with Crippen LogP contribution in [0.3, 0.4) is 0 Å². The molecule has 0 aromatic heterocycles. The lowest BCUT2D eigenvalue weighted by molar-refractivity contribution is -0.00661. The van der Waals surface area contributed by atoms with Crippen molar-refractivity contribution in [3.05, 3.63) is 0 Å². The number of nitrogens with zero attached hydrogens (tertiary/aromatic N) is 2. The molecule has 0 radical (unpaired) electrons. The van der Waals surface area contributed by atoms with Gasteiger partial charge in [0.2, 0.25) is 0 Å². The highest BCUT2D eigenvalue weighted by atomic mass is 19.1. The summed E-state index contributed by atoms with van der Waals surface area (Å²) in [4.78, 5) is 4.41. The van der Waals surface area contributed by atoms with Gasteiger partial charge in [0.1, 0.15) is 6.17 Å². The van der Waals surface area contributed by atoms with E-state index in [9.17, 15) is 9.50 Å². The summed E-state index contributed by atoms with van der Waals surface area (Å²) in [5, 5.41) is 12.8. The van der Waals surface area contributed by atoms with Gasteiger partial charge in [0, 0.05) is 51.9 Å². The third-order valence-electron chi connectivity index (χ3n) is 3.97. The van der Waals surface area contributed by atoms with Gasteiger partial charge in [-0.15, -0.1) is 0 Å². The Hall–Kier alpha value is -0.270. The van der Waals surface area contributed by atoms with Gasteiger partial charge >= 0.3 is 0 Å². The van der Waals surface area contributed by atoms with E-state index < -0.39 is 11.8 Å². The van der Waals surface area contributed by atoms with Gasteiger partial charge in [-0.25, -0.2) is 4.39 Å². The van der Waals surface area contributed by atoms with Crippen LogP contribution in [0, 0.1) is 0 Å². The number of nitrogens with two attached hydrogens (primary N) is 1. The number of halogens is 1. The SMILES string of the molecule is CC(C)(O)CN1CCN(C2C(N)CNCC2F)CC1. The fourth-order valence-electron chi connectivity index (χ4n) is 3.16. The maximum Gasteiger partial charge on any atom is 0.129 e. The monoisotopic (exact) mass is 274 g/mol. The van der Waals surface area contributed by atoms with E-state index in [0.29, 0.717) is 19.6 Å². The van der Waals surface area contributed by atoms with Gasteiger partial charge in [-0.05, 0) is 13.8 Å². The molecule has 2 aliphatic heterocycles. The summed E-state index contributed by atoms with van der Waals surface area (Å²) in [5.41, 5.74) is 5.37. The molecule has 0 aromatic rings. The van der Waals surface area contributed by atoms with Gasteiger partial charge in [0.15, 0.2) is 0 Å². The van der Waals surface area contributed by atoms with Gasteiger partial charge < -0.3 is 16.2 Å². The van der Waals surface area contributed by atoms with E-state index >= 15 is 0 Å². The van der Waals surface area contributed by atoms with E-state index in [-0.39, 0.29) is 12.1 Å². The van der Waals surface area contributed by atoms with Crippen LogP contribution < -0.4 is 11.1 Å². The first-order chi connectivity index (χ1) is 8.87. The molecule has 3 unspecified atom stereocenters. The van der Waals surface area contributed by atoms with Crippen molar-refractivity contribution in [3.63, 3.8) is 0 Å². The molecule has 112 valence electrons. The lowest BCUT2D eigenvalue weighted by atomic mass is 9.97. The molecule has 2 saturated heterocycles. The summed E-state index contributed by atoms with van der Waals surface area (Å²) in [5.74, 6) is 0. The summed E-state index contributed by atoms with van der Waals surface area (Å²) in [6, 6.07) is -0.296. The molecule has 0 aromatic carbocycles. The first-order valence-corrected chi connectivity index (χ1v) is 7.16. The van der Waals surface area contributed by atoms with Crippen LogP contribution in [0.2, 0.25) is 0 Å². The van der Waals surface area contributed by atoms with E-state index in [2.05, 4.69) is 15.1 Å². The zero-order valence-corrected chi connectivity index (χ0v) is 12.0. The number of piperazine rings is 1. The zero-order valence-electron chi connectivity index (χ0n) is 12.0. The first kappa shape index (κ1) is 15.1. The standard InChI is InChI=1S/C13H27FN4O/c1-13(2,19)9-17-3-5-18(6-4-17)12-10(14)7-16-8-11(12)15/h10-12,16,19H,3-9,15H2,1-2H3. The largest absolute Gasteiger partial charge is 0.389 e. The van der Waals surface area contributed by atoms with Crippen LogP contribution in [0.1, 0.15) is 13.8 Å².